The van der Waals surface area contributed by atoms with Crippen molar-refractivity contribution >= 4 is 5.96 Å². The molecule has 0 unspecified atom stereocenters. The molecule has 2 aromatic heterocycles. The molecule has 7 nitrogen and oxygen atoms in total. The Balaban J connectivity index is 1.83. The number of nitrogens with zero attached hydrogens (tertiary/aromatic N) is 4. The minimum Gasteiger partial charge on any atom is -0.359 e. The van der Waals surface area contributed by atoms with Gasteiger partial charge in [-0.3, -0.25) is 9.67 Å². The first-order valence-electron chi connectivity index (χ1n) is 9.39. The molecule has 0 aliphatic rings. The molecular weight excluding hydrogens is 328 g/mol. The highest BCUT2D eigenvalue weighted by molar-refractivity contribution is 5.79. The number of hydrogen-bond donors (Lipinski definition) is 2. The highest BCUT2D eigenvalue weighted by Gasteiger charge is 2.13. The number of nitrogens with one attached hydrogen (secondary N) is 2. The van der Waals surface area contributed by atoms with Crippen LogP contribution in [0.25, 0.3) is 0 Å². The van der Waals surface area contributed by atoms with Gasteiger partial charge >= 0.3 is 0 Å². The lowest BCUT2D eigenvalue weighted by atomic mass is 9.99. The Labute approximate surface area is 156 Å². The van der Waals surface area contributed by atoms with Gasteiger partial charge in [0.1, 0.15) is 0 Å². The Kier molecular flexibility index (Phi) is 7.24. The molecule has 2 heterocycles. The SMILES string of the molecule is CCC(CC)c1cc(CNC(=NC)NCCc2c(C)nn(C)c2C)on1. The van der Waals surface area contributed by atoms with E-state index in [1.54, 1.807) is 7.05 Å². The molecule has 0 aromatic carbocycles. The van der Waals surface area contributed by atoms with Crippen molar-refractivity contribution in [3.8, 4) is 0 Å². The Bertz CT molecular complexity index is 726. The molecule has 7 heteroatoms. The normalized spacial score (nSPS) is 12.0. The first kappa shape index (κ1) is 20.0. The standard InChI is InChI=1S/C19H32N6O/c1-7-15(8-2)18-11-16(26-24-18)12-22-19(20-5)21-10-9-17-13(3)23-25(6)14(17)4/h11,15H,7-10,12H2,1-6H3,(H2,20,21,22). The van der Waals surface area contributed by atoms with Gasteiger partial charge in [0.25, 0.3) is 0 Å². The molecule has 0 spiro atoms. The zero-order valence-electron chi connectivity index (χ0n) is 16.9. The number of rotatable bonds is 8. The fraction of sp³-hybridized carbons (Fsp3) is 0.632. The molecule has 144 valence electrons. The summed E-state index contributed by atoms with van der Waals surface area (Å²) in [5.41, 5.74) is 4.63. The molecule has 2 aromatic rings. The second-order valence-corrected chi connectivity index (χ2v) is 6.61. The molecule has 0 saturated heterocycles. The fourth-order valence-corrected chi connectivity index (χ4v) is 3.19. The Hall–Kier alpha value is -2.31. The molecular formula is C19H32N6O. The van der Waals surface area contributed by atoms with Crippen molar-refractivity contribution in [3.05, 3.63) is 34.5 Å². The zero-order valence-corrected chi connectivity index (χ0v) is 16.9. The van der Waals surface area contributed by atoms with Crippen molar-refractivity contribution in [2.24, 2.45) is 12.0 Å². The summed E-state index contributed by atoms with van der Waals surface area (Å²) in [6.07, 6.45) is 3.06. The summed E-state index contributed by atoms with van der Waals surface area (Å²) < 4.78 is 7.38. The van der Waals surface area contributed by atoms with Crippen LogP contribution in [0.15, 0.2) is 15.6 Å². The third kappa shape index (κ3) is 4.86. The van der Waals surface area contributed by atoms with Gasteiger partial charge in [-0.25, -0.2) is 0 Å². The van der Waals surface area contributed by atoms with Gasteiger partial charge in [0, 0.05) is 38.3 Å². The highest BCUT2D eigenvalue weighted by Crippen LogP contribution is 2.22. The maximum atomic E-state index is 5.45. The summed E-state index contributed by atoms with van der Waals surface area (Å²) in [5, 5.41) is 15.3. The number of guanidine groups is 1. The van der Waals surface area contributed by atoms with E-state index in [2.05, 4.69) is 53.6 Å². The van der Waals surface area contributed by atoms with E-state index in [-0.39, 0.29) is 0 Å². The van der Waals surface area contributed by atoms with Crippen molar-refractivity contribution in [1.29, 1.82) is 0 Å². The molecule has 0 atom stereocenters. The van der Waals surface area contributed by atoms with Gasteiger partial charge in [0.2, 0.25) is 0 Å². The third-order valence-electron chi connectivity index (χ3n) is 4.96. The van der Waals surface area contributed by atoms with Crippen molar-refractivity contribution in [3.63, 3.8) is 0 Å². The van der Waals surface area contributed by atoms with Gasteiger partial charge in [0.15, 0.2) is 11.7 Å². The quantitative estimate of drug-likeness (QED) is 0.559. The van der Waals surface area contributed by atoms with E-state index in [1.807, 2.05) is 17.8 Å². The molecule has 0 fully saturated rings. The third-order valence-corrected chi connectivity index (χ3v) is 4.96. The second-order valence-electron chi connectivity index (χ2n) is 6.61. The Morgan fingerprint density at radius 2 is 2.00 bits per heavy atom. The lowest BCUT2D eigenvalue weighted by Gasteiger charge is -2.11. The molecule has 2 N–H and O–H groups in total. The van der Waals surface area contributed by atoms with Crippen LogP contribution in [0.3, 0.4) is 0 Å². The first-order chi connectivity index (χ1) is 12.5. The molecule has 2 rings (SSSR count). The average molecular weight is 361 g/mol. The van der Waals surface area contributed by atoms with E-state index in [4.69, 9.17) is 4.52 Å². The molecule has 0 saturated carbocycles. The van der Waals surface area contributed by atoms with Crippen molar-refractivity contribution in [2.45, 2.75) is 59.4 Å². The van der Waals surface area contributed by atoms with E-state index in [0.717, 1.165) is 48.9 Å². The summed E-state index contributed by atoms with van der Waals surface area (Å²) in [7, 11) is 3.75. The van der Waals surface area contributed by atoms with Crippen LogP contribution in [0.4, 0.5) is 0 Å². The molecule has 0 amide bonds. The average Bonchev–Trinajstić information content (AvgIpc) is 3.18. The van der Waals surface area contributed by atoms with E-state index < -0.39 is 0 Å². The topological polar surface area (TPSA) is 80.3 Å². The number of aryl methyl sites for hydroxylation is 2. The van der Waals surface area contributed by atoms with E-state index in [0.29, 0.717) is 12.5 Å². The fourth-order valence-electron chi connectivity index (χ4n) is 3.19. The number of aliphatic imine (C=N–C) groups is 1. The van der Waals surface area contributed by atoms with Crippen LogP contribution < -0.4 is 10.6 Å². The number of aromatic nitrogens is 3. The van der Waals surface area contributed by atoms with E-state index in [1.165, 1.54) is 11.3 Å². The monoisotopic (exact) mass is 360 g/mol. The van der Waals surface area contributed by atoms with Crippen molar-refractivity contribution in [2.75, 3.05) is 13.6 Å². The van der Waals surface area contributed by atoms with Gasteiger partial charge in [-0.1, -0.05) is 19.0 Å². The highest BCUT2D eigenvalue weighted by atomic mass is 16.5. The van der Waals surface area contributed by atoms with Crippen LogP contribution in [0, 0.1) is 13.8 Å². The number of hydrogen-bond acceptors (Lipinski definition) is 4. The maximum absolute atomic E-state index is 5.45. The van der Waals surface area contributed by atoms with E-state index >= 15 is 0 Å². The van der Waals surface area contributed by atoms with Gasteiger partial charge in [-0.2, -0.15) is 5.10 Å². The van der Waals surface area contributed by atoms with Gasteiger partial charge in [0.05, 0.1) is 17.9 Å². The molecule has 0 aliphatic heterocycles. The van der Waals surface area contributed by atoms with Crippen LogP contribution in [0.5, 0.6) is 0 Å². The lowest BCUT2D eigenvalue weighted by molar-refractivity contribution is 0.368. The predicted molar refractivity (Wildman–Crippen MR) is 104 cm³/mol. The van der Waals surface area contributed by atoms with Crippen LogP contribution in [0.1, 0.15) is 61.0 Å². The molecule has 0 radical (unpaired) electrons. The maximum Gasteiger partial charge on any atom is 0.191 e. The molecule has 26 heavy (non-hydrogen) atoms. The molecule has 0 bridgehead atoms. The van der Waals surface area contributed by atoms with E-state index in [9.17, 15) is 0 Å². The second kappa shape index (κ2) is 9.40. The smallest absolute Gasteiger partial charge is 0.191 e. The van der Waals surface area contributed by atoms with Crippen LogP contribution in [-0.4, -0.2) is 34.5 Å². The zero-order chi connectivity index (χ0) is 19.1. The lowest BCUT2D eigenvalue weighted by Crippen LogP contribution is -2.37. The predicted octanol–water partition coefficient (Wildman–Crippen LogP) is 2.84. The summed E-state index contributed by atoms with van der Waals surface area (Å²) in [6, 6.07) is 2.04. The van der Waals surface area contributed by atoms with Crippen LogP contribution >= 0.6 is 0 Å². The van der Waals surface area contributed by atoms with Crippen LogP contribution in [-0.2, 0) is 20.0 Å². The summed E-state index contributed by atoms with van der Waals surface area (Å²) >= 11 is 0. The summed E-state index contributed by atoms with van der Waals surface area (Å²) in [4.78, 5) is 4.27. The molecule has 0 aliphatic carbocycles. The first-order valence-corrected chi connectivity index (χ1v) is 9.39. The van der Waals surface area contributed by atoms with Gasteiger partial charge in [-0.15, -0.1) is 0 Å². The minimum absolute atomic E-state index is 0.468. The van der Waals surface area contributed by atoms with Crippen molar-refractivity contribution < 1.29 is 4.52 Å². The van der Waals surface area contributed by atoms with Crippen molar-refractivity contribution in [1.82, 2.24) is 25.6 Å². The Morgan fingerprint density at radius 1 is 1.27 bits per heavy atom. The van der Waals surface area contributed by atoms with Gasteiger partial charge in [-0.05, 0) is 38.7 Å². The largest absolute Gasteiger partial charge is 0.359 e. The van der Waals surface area contributed by atoms with Crippen LogP contribution in [0.2, 0.25) is 0 Å². The summed E-state index contributed by atoms with van der Waals surface area (Å²) in [5.74, 6) is 2.05. The Morgan fingerprint density at radius 3 is 2.58 bits per heavy atom. The minimum atomic E-state index is 0.468. The van der Waals surface area contributed by atoms with Gasteiger partial charge < -0.3 is 15.2 Å². The summed E-state index contributed by atoms with van der Waals surface area (Å²) in [6.45, 7) is 9.87.